The van der Waals surface area contributed by atoms with Gasteiger partial charge in [-0.2, -0.15) is 11.8 Å². The van der Waals surface area contributed by atoms with Crippen molar-refractivity contribution in [1.29, 1.82) is 0 Å². The number of primary sulfonamides is 1. The number of nitrogens with one attached hydrogen (secondary N) is 2. The normalized spacial score (nSPS) is 11.1. The Morgan fingerprint density at radius 1 is 1.47 bits per heavy atom. The molecular formula is C11H17N3O2S3. The van der Waals surface area contributed by atoms with Crippen LogP contribution < -0.4 is 15.8 Å². The van der Waals surface area contributed by atoms with Crippen molar-refractivity contribution >= 4 is 44.8 Å². The molecule has 8 heteroatoms. The van der Waals surface area contributed by atoms with Crippen LogP contribution >= 0.6 is 24.0 Å². The van der Waals surface area contributed by atoms with Crippen LogP contribution in [0.25, 0.3) is 0 Å². The fourth-order valence-corrected chi connectivity index (χ4v) is 2.56. The van der Waals surface area contributed by atoms with E-state index in [4.69, 9.17) is 17.4 Å². The van der Waals surface area contributed by atoms with Gasteiger partial charge < -0.3 is 10.6 Å². The summed E-state index contributed by atoms with van der Waals surface area (Å²) in [5, 5.41) is 11.5. The summed E-state index contributed by atoms with van der Waals surface area (Å²) in [7, 11) is -3.69. The fraction of sp³-hybridized carbons (Fsp3) is 0.364. The first-order chi connectivity index (χ1) is 8.93. The van der Waals surface area contributed by atoms with Gasteiger partial charge in [0.25, 0.3) is 0 Å². The number of sulfonamides is 1. The summed E-state index contributed by atoms with van der Waals surface area (Å²) in [5.41, 5.74) is 0.592. The monoisotopic (exact) mass is 319 g/mol. The van der Waals surface area contributed by atoms with Crippen LogP contribution in [0.2, 0.25) is 0 Å². The third-order valence-electron chi connectivity index (χ3n) is 2.23. The van der Waals surface area contributed by atoms with E-state index in [1.54, 1.807) is 23.9 Å². The van der Waals surface area contributed by atoms with E-state index in [0.29, 0.717) is 10.8 Å². The van der Waals surface area contributed by atoms with Crippen LogP contribution in [-0.2, 0) is 10.0 Å². The van der Waals surface area contributed by atoms with E-state index < -0.39 is 10.0 Å². The summed E-state index contributed by atoms with van der Waals surface area (Å²) in [4.78, 5) is 0.0580. The van der Waals surface area contributed by atoms with Crippen molar-refractivity contribution in [1.82, 2.24) is 5.32 Å². The lowest BCUT2D eigenvalue weighted by molar-refractivity contribution is 0.598. The average molecular weight is 319 g/mol. The molecule has 0 aliphatic carbocycles. The van der Waals surface area contributed by atoms with Crippen LogP contribution in [0.5, 0.6) is 0 Å². The zero-order valence-corrected chi connectivity index (χ0v) is 13.0. The van der Waals surface area contributed by atoms with E-state index in [9.17, 15) is 8.42 Å². The Labute approximate surface area is 123 Å². The first kappa shape index (κ1) is 16.2. The fourth-order valence-electron chi connectivity index (χ4n) is 1.34. The molecule has 0 saturated heterocycles. The third-order valence-corrected chi connectivity index (χ3v) is 4.09. The molecule has 0 bridgehead atoms. The smallest absolute Gasteiger partial charge is 0.238 e. The summed E-state index contributed by atoms with van der Waals surface area (Å²) < 4.78 is 22.4. The van der Waals surface area contributed by atoms with Crippen molar-refractivity contribution in [3.63, 3.8) is 0 Å². The Balaban J connectivity index is 2.55. The quantitative estimate of drug-likeness (QED) is 0.542. The molecule has 5 nitrogen and oxygen atoms in total. The van der Waals surface area contributed by atoms with Crippen LogP contribution in [-0.4, -0.2) is 32.1 Å². The van der Waals surface area contributed by atoms with E-state index in [1.807, 2.05) is 0 Å². The van der Waals surface area contributed by atoms with Gasteiger partial charge in [0, 0.05) is 12.2 Å². The SMILES string of the molecule is CSCCCNC(=S)Nc1cccc(S(N)(=O)=O)c1. The van der Waals surface area contributed by atoms with E-state index in [0.717, 1.165) is 18.7 Å². The number of benzene rings is 1. The number of thioether (sulfide) groups is 1. The molecule has 0 atom stereocenters. The lowest BCUT2D eigenvalue weighted by Gasteiger charge is -2.10. The number of thiocarbonyl (C=S) groups is 1. The zero-order valence-electron chi connectivity index (χ0n) is 10.5. The summed E-state index contributed by atoms with van der Waals surface area (Å²) in [6, 6.07) is 6.23. The van der Waals surface area contributed by atoms with Crippen molar-refractivity contribution in [3.8, 4) is 0 Å². The first-order valence-electron chi connectivity index (χ1n) is 5.60. The molecule has 0 amide bonds. The Morgan fingerprint density at radius 3 is 2.84 bits per heavy atom. The molecule has 0 aliphatic rings. The van der Waals surface area contributed by atoms with Gasteiger partial charge in [0.1, 0.15) is 0 Å². The number of hydrogen-bond donors (Lipinski definition) is 3. The summed E-state index contributed by atoms with van der Waals surface area (Å²) >= 11 is 6.89. The van der Waals surface area contributed by atoms with Crippen molar-refractivity contribution in [3.05, 3.63) is 24.3 Å². The molecule has 0 heterocycles. The molecule has 0 aromatic heterocycles. The standard InChI is InChI=1S/C11H17N3O2S3/c1-18-7-3-6-13-11(17)14-9-4-2-5-10(8-9)19(12,15)16/h2,4-5,8H,3,6-7H2,1H3,(H2,12,15,16)(H2,13,14,17). The van der Waals surface area contributed by atoms with Gasteiger partial charge in [-0.25, -0.2) is 13.6 Å². The first-order valence-corrected chi connectivity index (χ1v) is 8.95. The van der Waals surface area contributed by atoms with E-state index in [1.165, 1.54) is 12.1 Å². The van der Waals surface area contributed by atoms with Gasteiger partial charge in [0.05, 0.1) is 4.90 Å². The maximum Gasteiger partial charge on any atom is 0.238 e. The molecule has 0 saturated carbocycles. The van der Waals surface area contributed by atoms with Crippen molar-refractivity contribution in [2.75, 3.05) is 23.9 Å². The Bertz CT molecular complexity index is 532. The van der Waals surface area contributed by atoms with Crippen molar-refractivity contribution in [2.24, 2.45) is 5.14 Å². The molecule has 19 heavy (non-hydrogen) atoms. The van der Waals surface area contributed by atoms with Crippen LogP contribution in [0.4, 0.5) is 5.69 Å². The minimum absolute atomic E-state index is 0.0580. The number of rotatable bonds is 6. The minimum Gasteiger partial charge on any atom is -0.362 e. The molecule has 1 aromatic rings. The van der Waals surface area contributed by atoms with Gasteiger partial charge in [-0.15, -0.1) is 0 Å². The zero-order chi connectivity index (χ0) is 14.3. The van der Waals surface area contributed by atoms with E-state index in [-0.39, 0.29) is 4.90 Å². The van der Waals surface area contributed by atoms with Crippen molar-refractivity contribution in [2.45, 2.75) is 11.3 Å². The van der Waals surface area contributed by atoms with Gasteiger partial charge in [0.15, 0.2) is 5.11 Å². The molecule has 1 aromatic carbocycles. The van der Waals surface area contributed by atoms with Gasteiger partial charge in [-0.1, -0.05) is 6.07 Å². The average Bonchev–Trinajstić information content (AvgIpc) is 2.34. The summed E-state index contributed by atoms with van der Waals surface area (Å²) in [5.74, 6) is 1.07. The molecule has 0 fully saturated rings. The van der Waals surface area contributed by atoms with Crippen LogP contribution in [0.15, 0.2) is 29.2 Å². The van der Waals surface area contributed by atoms with Crippen LogP contribution in [0.3, 0.4) is 0 Å². The van der Waals surface area contributed by atoms with Gasteiger partial charge in [0.2, 0.25) is 10.0 Å². The van der Waals surface area contributed by atoms with Crippen LogP contribution in [0.1, 0.15) is 6.42 Å². The van der Waals surface area contributed by atoms with Crippen molar-refractivity contribution < 1.29 is 8.42 Å². The third kappa shape index (κ3) is 6.24. The Kier molecular flexibility index (Phi) is 6.56. The van der Waals surface area contributed by atoms with Gasteiger partial charge in [-0.3, -0.25) is 0 Å². The minimum atomic E-state index is -3.69. The maximum atomic E-state index is 11.2. The predicted molar refractivity (Wildman–Crippen MR) is 85.0 cm³/mol. The molecule has 1 rings (SSSR count). The highest BCUT2D eigenvalue weighted by Crippen LogP contribution is 2.13. The number of hydrogen-bond acceptors (Lipinski definition) is 4. The highest BCUT2D eigenvalue weighted by molar-refractivity contribution is 7.98. The lowest BCUT2D eigenvalue weighted by Crippen LogP contribution is -2.29. The lowest BCUT2D eigenvalue weighted by atomic mass is 10.3. The van der Waals surface area contributed by atoms with E-state index in [2.05, 4.69) is 16.9 Å². The highest BCUT2D eigenvalue weighted by Gasteiger charge is 2.08. The summed E-state index contributed by atoms with van der Waals surface area (Å²) in [6.45, 7) is 0.779. The molecule has 0 unspecified atom stereocenters. The maximum absolute atomic E-state index is 11.2. The topological polar surface area (TPSA) is 84.2 Å². The van der Waals surface area contributed by atoms with E-state index >= 15 is 0 Å². The molecular weight excluding hydrogens is 302 g/mol. The van der Waals surface area contributed by atoms with Crippen LogP contribution in [0, 0.1) is 0 Å². The Hall–Kier alpha value is -0.830. The van der Waals surface area contributed by atoms with Gasteiger partial charge in [-0.05, 0) is 48.8 Å². The molecule has 4 N–H and O–H groups in total. The number of anilines is 1. The van der Waals surface area contributed by atoms with Gasteiger partial charge >= 0.3 is 0 Å². The highest BCUT2D eigenvalue weighted by atomic mass is 32.2. The molecule has 106 valence electrons. The molecule has 0 spiro atoms. The predicted octanol–water partition coefficient (Wildman–Crippen LogP) is 1.37. The second-order valence-corrected chi connectivity index (χ2v) is 6.76. The summed E-state index contributed by atoms with van der Waals surface area (Å²) in [6.07, 6.45) is 3.07. The number of nitrogens with two attached hydrogens (primary N) is 1. The molecule has 0 radical (unpaired) electrons. The Morgan fingerprint density at radius 2 is 2.21 bits per heavy atom. The molecule has 0 aliphatic heterocycles. The second-order valence-electron chi connectivity index (χ2n) is 3.80. The largest absolute Gasteiger partial charge is 0.362 e. The second kappa shape index (κ2) is 7.68.